The van der Waals surface area contributed by atoms with Gasteiger partial charge in [-0.2, -0.15) is 0 Å². The molecule has 0 bridgehead atoms. The largest absolute Gasteiger partial charge is 0.478 e. The van der Waals surface area contributed by atoms with Gasteiger partial charge in [0.25, 0.3) is 0 Å². The van der Waals surface area contributed by atoms with Crippen LogP contribution in [0.15, 0.2) is 78.0 Å². The monoisotopic (exact) mass is 558 g/mol. The SMILES string of the molecule is COC(=O)C1=C(C(=O)OC)N(c2ccc(C(=O)O)cc2NC(=O)OCC2c3ccccc3-c3ccccc32)COC1. The first-order chi connectivity index (χ1) is 19.8. The van der Waals surface area contributed by atoms with Crippen molar-refractivity contribution in [3.05, 3.63) is 94.7 Å². The Morgan fingerprint density at radius 2 is 1.56 bits per heavy atom. The molecule has 1 aliphatic carbocycles. The van der Waals surface area contributed by atoms with Crippen molar-refractivity contribution < 1.29 is 43.2 Å². The molecule has 2 aliphatic rings. The van der Waals surface area contributed by atoms with Gasteiger partial charge in [-0.3, -0.25) is 5.32 Å². The minimum Gasteiger partial charge on any atom is -0.478 e. The Morgan fingerprint density at radius 3 is 2.17 bits per heavy atom. The summed E-state index contributed by atoms with van der Waals surface area (Å²) in [7, 11) is 2.32. The topological polar surface area (TPSA) is 141 Å². The third-order valence-electron chi connectivity index (χ3n) is 6.95. The van der Waals surface area contributed by atoms with Gasteiger partial charge in [0.1, 0.15) is 19.0 Å². The van der Waals surface area contributed by atoms with E-state index < -0.39 is 24.0 Å². The Kier molecular flexibility index (Phi) is 7.70. The zero-order chi connectivity index (χ0) is 29.1. The van der Waals surface area contributed by atoms with Crippen LogP contribution in [-0.4, -0.2) is 63.3 Å². The molecular weight excluding hydrogens is 532 g/mol. The van der Waals surface area contributed by atoms with Gasteiger partial charge in [0.2, 0.25) is 0 Å². The molecule has 0 unspecified atom stereocenters. The maximum Gasteiger partial charge on any atom is 0.411 e. The molecule has 0 aromatic heterocycles. The second-order valence-electron chi connectivity index (χ2n) is 9.20. The van der Waals surface area contributed by atoms with Crippen LogP contribution in [0.25, 0.3) is 11.1 Å². The van der Waals surface area contributed by atoms with Crippen LogP contribution < -0.4 is 10.2 Å². The predicted octanol–water partition coefficient (Wildman–Crippen LogP) is 4.14. The van der Waals surface area contributed by atoms with E-state index in [0.717, 1.165) is 36.5 Å². The van der Waals surface area contributed by atoms with Crippen molar-refractivity contribution in [2.24, 2.45) is 0 Å². The van der Waals surface area contributed by atoms with Crippen molar-refractivity contribution in [2.75, 3.05) is 44.4 Å². The lowest BCUT2D eigenvalue weighted by Crippen LogP contribution is -2.39. The molecule has 0 radical (unpaired) electrons. The quantitative estimate of drug-likeness (QED) is 0.321. The molecule has 5 rings (SSSR count). The van der Waals surface area contributed by atoms with E-state index in [4.69, 9.17) is 18.9 Å². The van der Waals surface area contributed by atoms with Crippen LogP contribution in [0, 0.1) is 0 Å². The highest BCUT2D eigenvalue weighted by atomic mass is 16.6. The predicted molar refractivity (Wildman–Crippen MR) is 146 cm³/mol. The van der Waals surface area contributed by atoms with Gasteiger partial charge < -0.3 is 29.0 Å². The summed E-state index contributed by atoms with van der Waals surface area (Å²) in [6, 6.07) is 19.7. The number of carboxylic acid groups (broad SMARTS) is 1. The van der Waals surface area contributed by atoms with Crippen LogP contribution in [0.2, 0.25) is 0 Å². The minimum absolute atomic E-state index is 0.0123. The van der Waals surface area contributed by atoms with E-state index >= 15 is 0 Å². The Labute approximate surface area is 234 Å². The van der Waals surface area contributed by atoms with Gasteiger partial charge in [0.05, 0.1) is 43.3 Å². The van der Waals surface area contributed by atoms with E-state index in [1.165, 1.54) is 23.1 Å². The number of nitrogens with one attached hydrogen (secondary N) is 1. The number of nitrogens with zero attached hydrogens (tertiary/aromatic N) is 1. The summed E-state index contributed by atoms with van der Waals surface area (Å²) >= 11 is 0. The number of carboxylic acids is 1. The fraction of sp³-hybridized carbons (Fsp3) is 0.200. The molecule has 11 heteroatoms. The van der Waals surface area contributed by atoms with E-state index in [1.807, 2.05) is 48.5 Å². The number of aromatic carboxylic acids is 1. The highest BCUT2D eigenvalue weighted by Gasteiger charge is 2.34. The second-order valence-corrected chi connectivity index (χ2v) is 9.20. The average Bonchev–Trinajstić information content (AvgIpc) is 3.32. The van der Waals surface area contributed by atoms with Crippen LogP contribution in [-0.2, 0) is 28.5 Å². The molecule has 11 nitrogen and oxygen atoms in total. The van der Waals surface area contributed by atoms with Gasteiger partial charge in [-0.15, -0.1) is 0 Å². The highest BCUT2D eigenvalue weighted by molar-refractivity contribution is 6.05. The number of methoxy groups -OCH3 is 2. The van der Waals surface area contributed by atoms with Crippen molar-refractivity contribution >= 4 is 35.4 Å². The Morgan fingerprint density at radius 1 is 0.927 bits per heavy atom. The van der Waals surface area contributed by atoms with E-state index in [1.54, 1.807) is 0 Å². The summed E-state index contributed by atoms with van der Waals surface area (Å²) in [5.74, 6) is -3.07. The lowest BCUT2D eigenvalue weighted by atomic mass is 9.98. The number of ether oxygens (including phenoxy) is 4. The number of carbonyl (C=O) groups is 4. The Bertz CT molecular complexity index is 1530. The van der Waals surface area contributed by atoms with Crippen LogP contribution in [0.4, 0.5) is 16.2 Å². The standard InChI is InChI=1S/C30H26N2O9/c1-38-28(35)23-14-40-16-32(26(23)29(36)39-2)25-12-11-17(27(33)34)13-24(25)31-30(37)41-15-22-20-9-5-3-7-18(20)19-8-4-6-10-21(19)22/h3-13,22H,14-16H2,1-2H3,(H,31,37)(H,33,34). The zero-order valence-corrected chi connectivity index (χ0v) is 22.2. The van der Waals surface area contributed by atoms with E-state index in [0.29, 0.717) is 0 Å². The van der Waals surface area contributed by atoms with Crippen molar-refractivity contribution in [3.8, 4) is 11.1 Å². The van der Waals surface area contributed by atoms with Gasteiger partial charge in [-0.25, -0.2) is 19.2 Å². The third kappa shape index (κ3) is 5.22. The number of amides is 1. The molecule has 210 valence electrons. The van der Waals surface area contributed by atoms with E-state index in [-0.39, 0.29) is 54.1 Å². The summed E-state index contributed by atoms with van der Waals surface area (Å²) in [4.78, 5) is 51.3. The first-order valence-corrected chi connectivity index (χ1v) is 12.6. The smallest absolute Gasteiger partial charge is 0.411 e. The molecule has 1 aliphatic heterocycles. The molecular formula is C30H26N2O9. The normalized spacial score (nSPS) is 14.1. The minimum atomic E-state index is -1.24. The molecule has 0 saturated heterocycles. The second kappa shape index (κ2) is 11.5. The average molecular weight is 559 g/mol. The molecule has 1 amide bonds. The number of fused-ring (bicyclic) bond motifs is 3. The van der Waals surface area contributed by atoms with Crippen molar-refractivity contribution in [1.29, 1.82) is 0 Å². The molecule has 2 N–H and O–H groups in total. The number of hydrogen-bond donors (Lipinski definition) is 2. The molecule has 1 heterocycles. The first kappa shape index (κ1) is 27.4. The number of hydrogen-bond acceptors (Lipinski definition) is 9. The molecule has 0 fully saturated rings. The zero-order valence-electron chi connectivity index (χ0n) is 22.2. The Balaban J connectivity index is 1.44. The third-order valence-corrected chi connectivity index (χ3v) is 6.95. The molecule has 0 saturated carbocycles. The summed E-state index contributed by atoms with van der Waals surface area (Å²) < 4.78 is 20.8. The van der Waals surface area contributed by atoms with Gasteiger partial charge in [-0.05, 0) is 40.5 Å². The van der Waals surface area contributed by atoms with Crippen molar-refractivity contribution in [3.63, 3.8) is 0 Å². The molecule has 0 spiro atoms. The fourth-order valence-electron chi connectivity index (χ4n) is 5.08. The Hall–Kier alpha value is -5.16. The number of anilines is 2. The fourth-order valence-corrected chi connectivity index (χ4v) is 5.08. The summed E-state index contributed by atoms with van der Waals surface area (Å²) in [6.07, 6.45) is -0.842. The van der Waals surface area contributed by atoms with Crippen LogP contribution in [0.5, 0.6) is 0 Å². The lowest BCUT2D eigenvalue weighted by molar-refractivity contribution is -0.140. The summed E-state index contributed by atoms with van der Waals surface area (Å²) in [5, 5.41) is 12.2. The van der Waals surface area contributed by atoms with E-state index in [2.05, 4.69) is 5.32 Å². The number of carbonyl (C=O) groups excluding carboxylic acids is 3. The van der Waals surface area contributed by atoms with Crippen LogP contribution in [0.3, 0.4) is 0 Å². The lowest BCUT2D eigenvalue weighted by Gasteiger charge is -2.32. The summed E-state index contributed by atoms with van der Waals surface area (Å²) in [6.45, 7) is -0.382. The van der Waals surface area contributed by atoms with Crippen molar-refractivity contribution in [1.82, 2.24) is 0 Å². The molecule has 0 atom stereocenters. The maximum atomic E-state index is 13.1. The first-order valence-electron chi connectivity index (χ1n) is 12.6. The van der Waals surface area contributed by atoms with E-state index in [9.17, 15) is 24.3 Å². The van der Waals surface area contributed by atoms with Gasteiger partial charge in [-0.1, -0.05) is 48.5 Å². The molecule has 41 heavy (non-hydrogen) atoms. The van der Waals surface area contributed by atoms with Crippen LogP contribution in [0.1, 0.15) is 27.4 Å². The van der Waals surface area contributed by atoms with Gasteiger partial charge in [0.15, 0.2) is 0 Å². The van der Waals surface area contributed by atoms with Crippen molar-refractivity contribution in [2.45, 2.75) is 5.92 Å². The van der Waals surface area contributed by atoms with Gasteiger partial charge >= 0.3 is 24.0 Å². The van der Waals surface area contributed by atoms with Gasteiger partial charge in [0, 0.05) is 5.92 Å². The summed E-state index contributed by atoms with van der Waals surface area (Å²) in [5.41, 5.74) is 4.00. The maximum absolute atomic E-state index is 13.1. The van der Waals surface area contributed by atoms with Crippen LogP contribution >= 0.6 is 0 Å². The number of esters is 2. The highest BCUT2D eigenvalue weighted by Crippen LogP contribution is 2.44. The molecule has 3 aromatic rings. The number of rotatable bonds is 7. The molecule has 3 aromatic carbocycles. The number of benzene rings is 3.